The summed E-state index contributed by atoms with van der Waals surface area (Å²) >= 11 is 0. The summed E-state index contributed by atoms with van der Waals surface area (Å²) in [5, 5.41) is 4.84. The zero-order valence-corrected chi connectivity index (χ0v) is 13.8. The van der Waals surface area contributed by atoms with Crippen LogP contribution in [0.15, 0.2) is 24.3 Å². The van der Waals surface area contributed by atoms with Gasteiger partial charge in [0.05, 0.1) is 8.07 Å². The second-order valence-electron chi connectivity index (χ2n) is 5.56. The quantitative estimate of drug-likeness (QED) is 0.613. The Morgan fingerprint density at radius 1 is 1.17 bits per heavy atom. The van der Waals surface area contributed by atoms with E-state index in [9.17, 15) is 4.21 Å². The second-order valence-corrected chi connectivity index (χ2v) is 12.5. The van der Waals surface area contributed by atoms with Gasteiger partial charge in [-0.15, -0.1) is 0 Å². The number of benzene rings is 1. The lowest BCUT2D eigenvalue weighted by molar-refractivity contribution is 0.674. The first kappa shape index (κ1) is 15.6. The van der Waals surface area contributed by atoms with Crippen LogP contribution in [0.25, 0.3) is 0 Å². The van der Waals surface area contributed by atoms with Crippen LogP contribution in [0.5, 0.6) is 0 Å². The Morgan fingerprint density at radius 2 is 1.78 bits per heavy atom. The maximum Gasteiger partial charge on any atom is 0.0775 e. The number of nitrogens with one attached hydrogen (secondary N) is 1. The largest absolute Gasteiger partial charge is 0.312 e. The van der Waals surface area contributed by atoms with Crippen LogP contribution in [0.2, 0.25) is 19.6 Å². The highest BCUT2D eigenvalue weighted by molar-refractivity contribution is 7.84. The Hall–Kier alpha value is -0.453. The van der Waals surface area contributed by atoms with Crippen molar-refractivity contribution < 1.29 is 4.21 Å². The molecule has 1 aromatic carbocycles. The summed E-state index contributed by atoms with van der Waals surface area (Å²) in [7, 11) is -1.83. The fourth-order valence-corrected chi connectivity index (χ4v) is 3.51. The highest BCUT2D eigenvalue weighted by Gasteiger charge is 2.15. The molecule has 1 aromatic rings. The summed E-state index contributed by atoms with van der Waals surface area (Å²) in [5.41, 5.74) is 1.30. The van der Waals surface area contributed by atoms with Gasteiger partial charge >= 0.3 is 0 Å². The monoisotopic (exact) mass is 283 g/mol. The molecule has 0 saturated heterocycles. The summed E-state index contributed by atoms with van der Waals surface area (Å²) < 4.78 is 11.3. The van der Waals surface area contributed by atoms with Crippen LogP contribution in [0.3, 0.4) is 0 Å². The molecule has 1 N–H and O–H groups in total. The van der Waals surface area contributed by atoms with Crippen molar-refractivity contribution in [2.75, 3.05) is 18.1 Å². The van der Waals surface area contributed by atoms with Crippen molar-refractivity contribution >= 4 is 24.1 Å². The molecule has 0 heterocycles. The van der Waals surface area contributed by atoms with Gasteiger partial charge < -0.3 is 5.32 Å². The first-order valence-electron chi connectivity index (χ1n) is 6.58. The summed E-state index contributed by atoms with van der Waals surface area (Å²) in [6.07, 6.45) is 0. The zero-order chi connectivity index (χ0) is 13.6. The van der Waals surface area contributed by atoms with Crippen LogP contribution in [-0.4, -0.2) is 30.3 Å². The van der Waals surface area contributed by atoms with E-state index in [1.807, 2.05) is 6.92 Å². The van der Waals surface area contributed by atoms with Crippen molar-refractivity contribution in [3.05, 3.63) is 29.8 Å². The molecule has 0 radical (unpaired) electrons. The van der Waals surface area contributed by atoms with Crippen molar-refractivity contribution in [1.29, 1.82) is 0 Å². The normalized spacial score (nSPS) is 13.6. The Balaban J connectivity index is 2.38. The molecule has 0 aromatic heterocycles. The van der Waals surface area contributed by atoms with Gasteiger partial charge in [0.15, 0.2) is 0 Å². The maximum absolute atomic E-state index is 11.3. The molecule has 1 unspecified atom stereocenters. The van der Waals surface area contributed by atoms with E-state index in [1.165, 1.54) is 10.8 Å². The molecular formula is C14H25NOSSi. The minimum Gasteiger partial charge on any atom is -0.312 e. The van der Waals surface area contributed by atoms with E-state index in [0.29, 0.717) is 0 Å². The Labute approximate surface area is 115 Å². The van der Waals surface area contributed by atoms with Gasteiger partial charge in [-0.05, 0) is 5.56 Å². The lowest BCUT2D eigenvalue weighted by Crippen LogP contribution is -2.37. The Morgan fingerprint density at radius 3 is 2.28 bits per heavy atom. The molecule has 0 bridgehead atoms. The van der Waals surface area contributed by atoms with Crippen molar-refractivity contribution in [3.8, 4) is 0 Å². The molecule has 0 aliphatic rings. The van der Waals surface area contributed by atoms with Crippen LogP contribution in [0.1, 0.15) is 12.5 Å². The van der Waals surface area contributed by atoms with E-state index in [1.54, 1.807) is 0 Å². The van der Waals surface area contributed by atoms with Gasteiger partial charge in [-0.1, -0.05) is 56.0 Å². The molecule has 0 aliphatic carbocycles. The van der Waals surface area contributed by atoms with E-state index in [-0.39, 0.29) is 0 Å². The fourth-order valence-electron chi connectivity index (χ4n) is 1.69. The summed E-state index contributed by atoms with van der Waals surface area (Å²) in [4.78, 5) is 0. The van der Waals surface area contributed by atoms with Crippen molar-refractivity contribution in [2.24, 2.45) is 0 Å². The minimum absolute atomic E-state index is 0.657. The van der Waals surface area contributed by atoms with Gasteiger partial charge in [0, 0.05) is 35.4 Å². The minimum atomic E-state index is -1.17. The molecule has 0 saturated carbocycles. The van der Waals surface area contributed by atoms with Crippen LogP contribution < -0.4 is 10.5 Å². The third-order valence-corrected chi connectivity index (χ3v) is 6.35. The van der Waals surface area contributed by atoms with E-state index in [4.69, 9.17) is 0 Å². The standard InChI is InChI=1S/C14H25NOSSi/c1-5-17(16)11-10-15-12-13-6-8-14(9-7-13)18(2,3)4/h6-9,15H,5,10-12H2,1-4H3. The zero-order valence-electron chi connectivity index (χ0n) is 12.0. The molecule has 1 atom stereocenters. The van der Waals surface area contributed by atoms with Crippen molar-refractivity contribution in [1.82, 2.24) is 5.32 Å². The molecule has 0 fully saturated rings. The molecule has 0 spiro atoms. The third kappa shape index (κ3) is 5.46. The SMILES string of the molecule is CCS(=O)CCNCc1ccc([Si](C)(C)C)cc1. The Kier molecular flexibility index (Phi) is 6.25. The Bertz CT molecular complexity index is 384. The smallest absolute Gasteiger partial charge is 0.0775 e. The summed E-state index contributed by atoms with van der Waals surface area (Å²) in [6.45, 7) is 10.7. The molecule has 0 aliphatic heterocycles. The number of rotatable bonds is 7. The van der Waals surface area contributed by atoms with Crippen LogP contribution in [0.4, 0.5) is 0 Å². The van der Waals surface area contributed by atoms with Gasteiger partial charge in [0.1, 0.15) is 0 Å². The summed E-state index contributed by atoms with van der Waals surface area (Å²) in [6, 6.07) is 8.93. The lowest BCUT2D eigenvalue weighted by Gasteiger charge is -2.16. The first-order valence-corrected chi connectivity index (χ1v) is 11.6. The van der Waals surface area contributed by atoms with Gasteiger partial charge in [-0.3, -0.25) is 4.21 Å². The predicted octanol–water partition coefficient (Wildman–Crippen LogP) is 2.09. The van der Waals surface area contributed by atoms with E-state index < -0.39 is 18.9 Å². The molecule has 4 heteroatoms. The number of hydrogen-bond acceptors (Lipinski definition) is 2. The molecule has 102 valence electrons. The molecule has 18 heavy (non-hydrogen) atoms. The molecule has 1 rings (SSSR count). The first-order chi connectivity index (χ1) is 8.43. The van der Waals surface area contributed by atoms with Gasteiger partial charge in [-0.25, -0.2) is 0 Å². The molecule has 0 amide bonds. The van der Waals surface area contributed by atoms with Gasteiger partial charge in [0.2, 0.25) is 0 Å². The molecular weight excluding hydrogens is 258 g/mol. The van der Waals surface area contributed by atoms with Crippen molar-refractivity contribution in [3.63, 3.8) is 0 Å². The summed E-state index contributed by atoms with van der Waals surface area (Å²) in [5.74, 6) is 1.51. The highest BCUT2D eigenvalue weighted by Crippen LogP contribution is 2.04. The van der Waals surface area contributed by atoms with Gasteiger partial charge in [-0.2, -0.15) is 0 Å². The molecule has 2 nitrogen and oxygen atoms in total. The predicted molar refractivity (Wildman–Crippen MR) is 84.7 cm³/mol. The number of hydrogen-bond donors (Lipinski definition) is 1. The lowest BCUT2D eigenvalue weighted by atomic mass is 10.2. The average Bonchev–Trinajstić information content (AvgIpc) is 2.33. The van der Waals surface area contributed by atoms with E-state index in [0.717, 1.165) is 24.6 Å². The van der Waals surface area contributed by atoms with E-state index in [2.05, 4.69) is 49.2 Å². The topological polar surface area (TPSA) is 29.1 Å². The average molecular weight is 284 g/mol. The van der Waals surface area contributed by atoms with E-state index >= 15 is 0 Å². The fraction of sp³-hybridized carbons (Fsp3) is 0.571. The second kappa shape index (κ2) is 7.21. The van der Waals surface area contributed by atoms with Crippen LogP contribution in [-0.2, 0) is 17.3 Å². The van der Waals surface area contributed by atoms with Crippen molar-refractivity contribution in [2.45, 2.75) is 33.1 Å². The van der Waals surface area contributed by atoms with Crippen LogP contribution in [0, 0.1) is 0 Å². The maximum atomic E-state index is 11.3. The van der Waals surface area contributed by atoms with Crippen LogP contribution >= 0.6 is 0 Å². The third-order valence-electron chi connectivity index (χ3n) is 2.98. The highest BCUT2D eigenvalue weighted by atomic mass is 32.2. The van der Waals surface area contributed by atoms with Gasteiger partial charge in [0.25, 0.3) is 0 Å².